The second-order valence-corrected chi connectivity index (χ2v) is 24.4. The first-order chi connectivity index (χ1) is 28.5. The van der Waals surface area contributed by atoms with Crippen LogP contribution in [0.4, 0.5) is 10.9 Å². The Morgan fingerprint density at radius 1 is 0.783 bits per heavy atom. The Morgan fingerprint density at radius 2 is 1.40 bits per heavy atom. The summed E-state index contributed by atoms with van der Waals surface area (Å²) in [7, 11) is 2.27. The van der Waals surface area contributed by atoms with Crippen molar-refractivity contribution >= 4 is 54.0 Å². The number of aromatic nitrogens is 8. The number of nitrogens with zero attached hydrogens (tertiary/aromatic N) is 9. The standard InChI is InChI=1S/C29H35N7OSSi.C16H21BN2O2/c1-20(2)28-32-33-29(38-28)36(19-37-14-15-39(4,5)6)26-13-12-24-25(31-26)16-22(17-30-24)23-18-35(3)34-27(23)21-10-8-7-9-11-21;1-15(2)16(3,4)21-17(20-15)13-11-19(5)18-14(13)12-9-7-6-8-10-12/h7-13,16-18,20H,14-15,19H2,1-6H3;6-11H,1-5H3. The summed E-state index contributed by atoms with van der Waals surface area (Å²) in [5, 5.41) is 20.0. The van der Waals surface area contributed by atoms with Crippen molar-refractivity contribution < 1.29 is 14.0 Å². The molecule has 0 radical (unpaired) electrons. The van der Waals surface area contributed by atoms with Crippen molar-refractivity contribution in [3.63, 3.8) is 0 Å². The molecule has 2 aromatic carbocycles. The SMILES string of the molecule is CC(C)c1nnc(N(COCC[Si](C)(C)C)c2ccc3ncc(-c4cn(C)nc4-c4ccccc4)cc3n2)s1.Cn1cc(B2OC(C)(C)C(C)(C)O2)c(-c2ccccc2)n1. The summed E-state index contributed by atoms with van der Waals surface area (Å²) in [4.78, 5) is 11.8. The van der Waals surface area contributed by atoms with Crippen LogP contribution in [0.1, 0.15) is 52.5 Å². The molecule has 7 aromatic rings. The highest BCUT2D eigenvalue weighted by molar-refractivity contribution is 7.15. The number of hydrogen-bond acceptors (Lipinski definition) is 11. The van der Waals surface area contributed by atoms with Gasteiger partial charge in [-0.15, -0.1) is 10.2 Å². The van der Waals surface area contributed by atoms with E-state index in [1.807, 2.05) is 95.5 Å². The van der Waals surface area contributed by atoms with Crippen molar-refractivity contribution in [3.8, 4) is 33.6 Å². The van der Waals surface area contributed by atoms with Crippen LogP contribution in [0.2, 0.25) is 25.7 Å². The van der Waals surface area contributed by atoms with E-state index in [2.05, 4.69) is 107 Å². The van der Waals surface area contributed by atoms with Crippen LogP contribution in [0.5, 0.6) is 0 Å². The smallest absolute Gasteiger partial charge is 0.399 e. The zero-order valence-corrected chi connectivity index (χ0v) is 38.5. The number of pyridine rings is 2. The molecule has 1 fully saturated rings. The first-order valence-corrected chi connectivity index (χ1v) is 25.0. The highest BCUT2D eigenvalue weighted by Gasteiger charge is 2.52. The molecular formula is C45H56BN9O3SSi. The molecule has 0 atom stereocenters. The summed E-state index contributed by atoms with van der Waals surface area (Å²) in [6, 6.07) is 27.5. The van der Waals surface area contributed by atoms with Crippen LogP contribution in [0.25, 0.3) is 44.7 Å². The molecular weight excluding hydrogens is 786 g/mol. The average molecular weight is 842 g/mol. The van der Waals surface area contributed by atoms with Crippen LogP contribution in [0.15, 0.2) is 97.5 Å². The zero-order valence-electron chi connectivity index (χ0n) is 36.7. The summed E-state index contributed by atoms with van der Waals surface area (Å²) in [6.07, 6.45) is 5.90. The number of benzene rings is 2. The third-order valence-electron chi connectivity index (χ3n) is 10.8. The number of ether oxygens (including phenoxy) is 1. The van der Waals surface area contributed by atoms with Gasteiger partial charge in [0.1, 0.15) is 23.3 Å². The van der Waals surface area contributed by atoms with E-state index >= 15 is 0 Å². The second kappa shape index (κ2) is 17.5. The number of hydrogen-bond donors (Lipinski definition) is 0. The molecule has 0 bridgehead atoms. The Hall–Kier alpha value is -5.06. The maximum Gasteiger partial charge on any atom is 0.498 e. The lowest BCUT2D eigenvalue weighted by molar-refractivity contribution is 0.00578. The molecule has 15 heteroatoms. The minimum Gasteiger partial charge on any atom is -0.399 e. The van der Waals surface area contributed by atoms with Gasteiger partial charge in [-0.05, 0) is 51.9 Å². The molecule has 0 unspecified atom stereocenters. The van der Waals surface area contributed by atoms with E-state index in [0.717, 1.165) is 72.1 Å². The molecule has 8 rings (SSSR count). The fraction of sp³-hybridized carbons (Fsp3) is 0.378. The van der Waals surface area contributed by atoms with E-state index in [0.29, 0.717) is 19.3 Å². The van der Waals surface area contributed by atoms with Gasteiger partial charge < -0.3 is 14.0 Å². The van der Waals surface area contributed by atoms with Crippen molar-refractivity contribution in [2.24, 2.45) is 14.1 Å². The molecule has 0 spiro atoms. The van der Waals surface area contributed by atoms with Crippen molar-refractivity contribution in [3.05, 3.63) is 102 Å². The van der Waals surface area contributed by atoms with Crippen LogP contribution in [0.3, 0.4) is 0 Å². The third kappa shape index (κ3) is 9.77. The summed E-state index contributed by atoms with van der Waals surface area (Å²) in [5.41, 5.74) is 7.86. The van der Waals surface area contributed by atoms with Gasteiger partial charge in [0.25, 0.3) is 0 Å². The quantitative estimate of drug-likeness (QED) is 0.0669. The Kier molecular flexibility index (Phi) is 12.6. The normalized spacial score (nSPS) is 14.8. The van der Waals surface area contributed by atoms with Gasteiger partial charge in [-0.3, -0.25) is 19.2 Å². The van der Waals surface area contributed by atoms with Crippen LogP contribution in [0, 0.1) is 0 Å². The molecule has 0 aliphatic carbocycles. The monoisotopic (exact) mass is 841 g/mol. The Labute approximate surface area is 359 Å². The van der Waals surface area contributed by atoms with Crippen molar-refractivity contribution in [1.29, 1.82) is 0 Å². The topological polar surface area (TPSA) is 118 Å². The lowest BCUT2D eigenvalue weighted by atomic mass is 9.78. The van der Waals surface area contributed by atoms with E-state index in [1.54, 1.807) is 11.3 Å². The first-order valence-electron chi connectivity index (χ1n) is 20.5. The fourth-order valence-electron chi connectivity index (χ4n) is 6.59. The number of rotatable bonds is 12. The minimum absolute atomic E-state index is 0.306. The molecule has 1 aliphatic rings. The lowest BCUT2D eigenvalue weighted by Gasteiger charge is -2.32. The van der Waals surface area contributed by atoms with Gasteiger partial charge in [0.2, 0.25) is 5.13 Å². The van der Waals surface area contributed by atoms with E-state index in [-0.39, 0.29) is 18.3 Å². The average Bonchev–Trinajstić information content (AvgIpc) is 4.00. The van der Waals surface area contributed by atoms with Gasteiger partial charge in [0.15, 0.2) is 0 Å². The third-order valence-corrected chi connectivity index (χ3v) is 13.7. The van der Waals surface area contributed by atoms with E-state index < -0.39 is 8.07 Å². The molecule has 0 saturated carbocycles. The Morgan fingerprint density at radius 3 is 2.02 bits per heavy atom. The van der Waals surface area contributed by atoms with Crippen molar-refractivity contribution in [1.82, 2.24) is 39.7 Å². The molecule has 312 valence electrons. The fourth-order valence-corrected chi connectivity index (χ4v) is 8.19. The van der Waals surface area contributed by atoms with Gasteiger partial charge in [-0.2, -0.15) is 10.2 Å². The second-order valence-electron chi connectivity index (χ2n) is 17.8. The van der Waals surface area contributed by atoms with Crippen LogP contribution in [-0.4, -0.2) is 79.5 Å². The van der Waals surface area contributed by atoms with E-state index in [9.17, 15) is 0 Å². The van der Waals surface area contributed by atoms with Crippen LogP contribution >= 0.6 is 11.3 Å². The maximum atomic E-state index is 6.16. The summed E-state index contributed by atoms with van der Waals surface area (Å²) in [5.74, 6) is 1.07. The van der Waals surface area contributed by atoms with Crippen molar-refractivity contribution in [2.75, 3.05) is 18.2 Å². The zero-order chi connectivity index (χ0) is 42.8. The van der Waals surface area contributed by atoms with Gasteiger partial charge in [-0.25, -0.2) is 4.98 Å². The molecule has 6 heterocycles. The molecule has 60 heavy (non-hydrogen) atoms. The largest absolute Gasteiger partial charge is 0.498 e. The molecule has 0 amide bonds. The number of aryl methyl sites for hydroxylation is 2. The number of anilines is 2. The maximum absolute atomic E-state index is 6.16. The van der Waals surface area contributed by atoms with E-state index in [1.165, 1.54) is 0 Å². The highest BCUT2D eigenvalue weighted by Crippen LogP contribution is 2.38. The highest BCUT2D eigenvalue weighted by atomic mass is 32.1. The summed E-state index contributed by atoms with van der Waals surface area (Å²) < 4.78 is 22.1. The summed E-state index contributed by atoms with van der Waals surface area (Å²) in [6.45, 7) is 20.6. The Balaban J connectivity index is 0.000000218. The molecule has 12 nitrogen and oxygen atoms in total. The minimum atomic E-state index is -1.20. The van der Waals surface area contributed by atoms with Gasteiger partial charge in [0, 0.05) is 81.0 Å². The lowest BCUT2D eigenvalue weighted by Crippen LogP contribution is -2.41. The van der Waals surface area contributed by atoms with E-state index in [4.69, 9.17) is 29.1 Å². The van der Waals surface area contributed by atoms with Crippen molar-refractivity contribution in [2.45, 2.75) is 84.3 Å². The summed E-state index contributed by atoms with van der Waals surface area (Å²) >= 11 is 1.58. The molecule has 0 N–H and O–H groups in total. The first kappa shape index (κ1) is 43.0. The number of fused-ring (bicyclic) bond motifs is 1. The predicted octanol–water partition coefficient (Wildman–Crippen LogP) is 9.51. The van der Waals surface area contributed by atoms with Crippen LogP contribution < -0.4 is 10.4 Å². The van der Waals surface area contributed by atoms with Gasteiger partial charge in [-0.1, -0.05) is 105 Å². The molecule has 1 saturated heterocycles. The van der Waals surface area contributed by atoms with Gasteiger partial charge >= 0.3 is 7.12 Å². The van der Waals surface area contributed by atoms with Gasteiger partial charge in [0.05, 0.1) is 27.9 Å². The molecule has 1 aliphatic heterocycles. The molecule has 5 aromatic heterocycles. The predicted molar refractivity (Wildman–Crippen MR) is 247 cm³/mol. The van der Waals surface area contributed by atoms with Crippen LogP contribution in [-0.2, 0) is 28.1 Å². The Bertz CT molecular complexity index is 2520.